The van der Waals surface area contributed by atoms with E-state index in [4.69, 9.17) is 4.74 Å². The molecular formula is C11H11IO3. The highest BCUT2D eigenvalue weighted by atomic mass is 127. The largest absolute Gasteiger partial charge is 0.507 e. The molecule has 0 saturated carbocycles. The Morgan fingerprint density at radius 1 is 1.60 bits per heavy atom. The van der Waals surface area contributed by atoms with Crippen molar-refractivity contribution in [1.29, 1.82) is 0 Å². The first kappa shape index (κ1) is 12.0. The van der Waals surface area contributed by atoms with Gasteiger partial charge in [-0.2, -0.15) is 0 Å². The second-order valence-corrected chi connectivity index (χ2v) is 4.30. The monoisotopic (exact) mass is 318 g/mol. The normalized spacial score (nSPS) is 9.73. The zero-order valence-electron chi connectivity index (χ0n) is 8.29. The zero-order valence-corrected chi connectivity index (χ0v) is 10.4. The maximum Gasteiger partial charge on any atom is 0.333 e. The molecule has 4 heteroatoms. The summed E-state index contributed by atoms with van der Waals surface area (Å²) >= 11 is 2.01. The predicted octanol–water partition coefficient (Wildman–Crippen LogP) is 2.62. The molecule has 0 aliphatic heterocycles. The molecule has 0 aliphatic carbocycles. The van der Waals surface area contributed by atoms with Gasteiger partial charge in [0, 0.05) is 5.57 Å². The number of esters is 1. The lowest BCUT2D eigenvalue weighted by Gasteiger charge is -2.05. The van der Waals surface area contributed by atoms with E-state index >= 15 is 0 Å². The Morgan fingerprint density at radius 2 is 2.27 bits per heavy atom. The molecule has 0 unspecified atom stereocenters. The molecule has 1 rings (SSSR count). The van der Waals surface area contributed by atoms with E-state index in [9.17, 15) is 9.90 Å². The van der Waals surface area contributed by atoms with Gasteiger partial charge in [0.1, 0.15) is 12.4 Å². The van der Waals surface area contributed by atoms with Gasteiger partial charge in [0.15, 0.2) is 0 Å². The number of benzene rings is 1. The lowest BCUT2D eigenvalue weighted by molar-refractivity contribution is -0.140. The van der Waals surface area contributed by atoms with Crippen LogP contribution in [0.1, 0.15) is 12.5 Å². The molecule has 1 aromatic rings. The van der Waals surface area contributed by atoms with Crippen LogP contribution in [0.3, 0.4) is 0 Å². The Morgan fingerprint density at radius 3 is 2.80 bits per heavy atom. The van der Waals surface area contributed by atoms with E-state index in [2.05, 4.69) is 6.58 Å². The van der Waals surface area contributed by atoms with Crippen molar-refractivity contribution in [2.45, 2.75) is 13.5 Å². The first-order chi connectivity index (χ1) is 7.00. The van der Waals surface area contributed by atoms with Crippen molar-refractivity contribution in [3.05, 3.63) is 39.5 Å². The minimum Gasteiger partial charge on any atom is -0.507 e. The Kier molecular flexibility index (Phi) is 4.14. The summed E-state index contributed by atoms with van der Waals surface area (Å²) in [5, 5.41) is 9.28. The maximum atomic E-state index is 11.1. The lowest BCUT2D eigenvalue weighted by Crippen LogP contribution is -2.04. The highest BCUT2D eigenvalue weighted by Gasteiger charge is 2.04. The Labute approximate surface area is 102 Å². The second-order valence-electron chi connectivity index (χ2n) is 3.14. The van der Waals surface area contributed by atoms with Gasteiger partial charge in [0.2, 0.25) is 0 Å². The number of hydrogen-bond donors (Lipinski definition) is 1. The van der Waals surface area contributed by atoms with Crippen LogP contribution in [0.5, 0.6) is 5.75 Å². The van der Waals surface area contributed by atoms with Gasteiger partial charge in [0.05, 0.1) is 3.57 Å². The molecule has 0 bridgehead atoms. The molecule has 3 nitrogen and oxygen atoms in total. The average Bonchev–Trinajstić information content (AvgIpc) is 2.19. The van der Waals surface area contributed by atoms with Gasteiger partial charge in [-0.1, -0.05) is 12.6 Å². The minimum absolute atomic E-state index is 0.196. The summed E-state index contributed by atoms with van der Waals surface area (Å²) in [6, 6.07) is 5.05. The summed E-state index contributed by atoms with van der Waals surface area (Å²) in [4.78, 5) is 11.1. The van der Waals surface area contributed by atoms with Crippen molar-refractivity contribution in [2.75, 3.05) is 0 Å². The second kappa shape index (κ2) is 5.16. The Hall–Kier alpha value is -1.04. The van der Waals surface area contributed by atoms with Crippen LogP contribution < -0.4 is 0 Å². The fraction of sp³-hybridized carbons (Fsp3) is 0.182. The van der Waals surface area contributed by atoms with Crippen molar-refractivity contribution in [3.63, 3.8) is 0 Å². The van der Waals surface area contributed by atoms with E-state index < -0.39 is 5.97 Å². The van der Waals surface area contributed by atoms with Crippen LogP contribution >= 0.6 is 22.6 Å². The Bertz CT molecular complexity index is 399. The van der Waals surface area contributed by atoms with Gasteiger partial charge < -0.3 is 9.84 Å². The third kappa shape index (κ3) is 3.54. The SMILES string of the molecule is C=C(C)C(=O)OCc1ccc(O)c(I)c1. The molecule has 15 heavy (non-hydrogen) atoms. The molecule has 0 atom stereocenters. The average molecular weight is 318 g/mol. The first-order valence-electron chi connectivity index (χ1n) is 4.30. The molecule has 80 valence electrons. The number of ether oxygens (including phenoxy) is 1. The quantitative estimate of drug-likeness (QED) is 0.529. The summed E-state index contributed by atoms with van der Waals surface area (Å²) in [5.74, 6) is -0.177. The minimum atomic E-state index is -0.405. The molecule has 0 heterocycles. The van der Waals surface area contributed by atoms with Crippen LogP contribution in [0.2, 0.25) is 0 Å². The summed E-state index contributed by atoms with van der Waals surface area (Å²) in [7, 11) is 0. The van der Waals surface area contributed by atoms with Gasteiger partial charge in [-0.25, -0.2) is 4.79 Å². The van der Waals surface area contributed by atoms with Crippen molar-refractivity contribution in [3.8, 4) is 5.75 Å². The van der Waals surface area contributed by atoms with E-state index in [0.717, 1.165) is 9.13 Å². The van der Waals surface area contributed by atoms with Gasteiger partial charge in [-0.15, -0.1) is 0 Å². The number of aromatic hydroxyl groups is 1. The summed E-state index contributed by atoms with van der Waals surface area (Å²) in [6.07, 6.45) is 0. The number of hydrogen-bond acceptors (Lipinski definition) is 3. The smallest absolute Gasteiger partial charge is 0.333 e. The third-order valence-electron chi connectivity index (χ3n) is 1.73. The molecule has 0 amide bonds. The van der Waals surface area contributed by atoms with E-state index in [-0.39, 0.29) is 12.4 Å². The molecule has 0 radical (unpaired) electrons. The van der Waals surface area contributed by atoms with Gasteiger partial charge in [-0.3, -0.25) is 0 Å². The molecule has 0 spiro atoms. The molecule has 0 saturated heterocycles. The fourth-order valence-corrected chi connectivity index (χ4v) is 1.49. The first-order valence-corrected chi connectivity index (χ1v) is 5.38. The molecule has 1 N–H and O–H groups in total. The van der Waals surface area contributed by atoms with E-state index in [1.54, 1.807) is 25.1 Å². The van der Waals surface area contributed by atoms with Gasteiger partial charge in [0.25, 0.3) is 0 Å². The predicted molar refractivity (Wildman–Crippen MR) is 65.4 cm³/mol. The van der Waals surface area contributed by atoms with Crippen LogP contribution in [0.15, 0.2) is 30.4 Å². The molecule has 0 fully saturated rings. The number of carbonyl (C=O) groups is 1. The number of carbonyl (C=O) groups excluding carboxylic acids is 1. The number of phenolic OH excluding ortho intramolecular Hbond substituents is 1. The molecular weight excluding hydrogens is 307 g/mol. The molecule has 0 aliphatic rings. The van der Waals surface area contributed by atoms with Crippen LogP contribution in [0, 0.1) is 3.57 Å². The number of rotatable bonds is 3. The van der Waals surface area contributed by atoms with Crippen LogP contribution in [0.25, 0.3) is 0 Å². The maximum absolute atomic E-state index is 11.1. The highest BCUT2D eigenvalue weighted by molar-refractivity contribution is 14.1. The summed E-state index contributed by atoms with van der Waals surface area (Å²) < 4.78 is 5.69. The van der Waals surface area contributed by atoms with E-state index in [0.29, 0.717) is 5.57 Å². The molecule has 0 aromatic heterocycles. The number of halogens is 1. The van der Waals surface area contributed by atoms with Crippen LogP contribution in [-0.2, 0) is 16.1 Å². The molecule has 1 aromatic carbocycles. The van der Waals surface area contributed by atoms with Crippen molar-refractivity contribution in [2.24, 2.45) is 0 Å². The van der Waals surface area contributed by atoms with Crippen molar-refractivity contribution < 1.29 is 14.6 Å². The standard InChI is InChI=1S/C11H11IO3/c1-7(2)11(14)15-6-8-3-4-10(13)9(12)5-8/h3-5,13H,1,6H2,2H3. The zero-order chi connectivity index (χ0) is 11.4. The topological polar surface area (TPSA) is 46.5 Å². The van der Waals surface area contributed by atoms with E-state index in [1.165, 1.54) is 0 Å². The Balaban J connectivity index is 2.62. The number of phenols is 1. The van der Waals surface area contributed by atoms with Crippen molar-refractivity contribution >= 4 is 28.6 Å². The summed E-state index contributed by atoms with van der Waals surface area (Å²) in [5.41, 5.74) is 1.22. The van der Waals surface area contributed by atoms with E-state index in [1.807, 2.05) is 22.6 Å². The highest BCUT2D eigenvalue weighted by Crippen LogP contribution is 2.20. The third-order valence-corrected chi connectivity index (χ3v) is 2.59. The summed E-state index contributed by atoms with van der Waals surface area (Å²) in [6.45, 7) is 5.28. The van der Waals surface area contributed by atoms with Crippen LogP contribution in [-0.4, -0.2) is 11.1 Å². The lowest BCUT2D eigenvalue weighted by atomic mass is 10.2. The van der Waals surface area contributed by atoms with Gasteiger partial charge in [-0.05, 0) is 47.2 Å². The van der Waals surface area contributed by atoms with Gasteiger partial charge >= 0.3 is 5.97 Å². The van der Waals surface area contributed by atoms with Crippen molar-refractivity contribution in [1.82, 2.24) is 0 Å². The van der Waals surface area contributed by atoms with Crippen LogP contribution in [0.4, 0.5) is 0 Å². The fourth-order valence-electron chi connectivity index (χ4n) is 0.912.